The molecule has 4 aromatic rings. The van der Waals surface area contributed by atoms with Gasteiger partial charge in [-0.2, -0.15) is 0 Å². The Hall–Kier alpha value is -3.19. The molecule has 0 saturated carbocycles. The fourth-order valence-corrected chi connectivity index (χ4v) is 5.22. The van der Waals surface area contributed by atoms with Crippen LogP contribution in [0.4, 0.5) is 5.69 Å². The molecular weight excluding hydrogens is 408 g/mol. The van der Waals surface area contributed by atoms with Crippen molar-refractivity contribution in [2.45, 2.75) is 45.1 Å². The number of rotatable bonds is 7. The van der Waals surface area contributed by atoms with Gasteiger partial charge in [0.05, 0.1) is 12.2 Å². The Labute approximate surface area is 183 Å². The third-order valence-corrected chi connectivity index (χ3v) is 7.36. The van der Waals surface area contributed by atoms with E-state index in [0.717, 1.165) is 28.9 Å². The van der Waals surface area contributed by atoms with E-state index in [1.165, 1.54) is 4.31 Å². The Bertz CT molecular complexity index is 1310. The summed E-state index contributed by atoms with van der Waals surface area (Å²) in [5.74, 6) is 0.727. The van der Waals surface area contributed by atoms with Crippen molar-refractivity contribution in [3.05, 3.63) is 89.4 Å². The normalized spacial score (nSPS) is 11.7. The van der Waals surface area contributed by atoms with Crippen molar-refractivity contribution in [1.29, 1.82) is 0 Å². The molecule has 0 aliphatic rings. The summed E-state index contributed by atoms with van der Waals surface area (Å²) in [7, 11) is -3.90. The Morgan fingerprint density at radius 1 is 0.903 bits per heavy atom. The maximum absolute atomic E-state index is 14.0. The molecule has 2 heterocycles. The average Bonchev–Trinajstić information content (AvgIpc) is 3.22. The van der Waals surface area contributed by atoms with E-state index in [4.69, 9.17) is 0 Å². The second-order valence-corrected chi connectivity index (χ2v) is 9.32. The van der Waals surface area contributed by atoms with Gasteiger partial charge >= 0.3 is 0 Å². The smallest absolute Gasteiger partial charge is 0.268 e. The van der Waals surface area contributed by atoms with Crippen LogP contribution in [0.2, 0.25) is 0 Å². The number of sulfonamides is 1. The van der Waals surface area contributed by atoms with Crippen molar-refractivity contribution in [2.75, 3.05) is 4.31 Å². The Balaban J connectivity index is 1.87. The monoisotopic (exact) mass is 434 g/mol. The minimum absolute atomic E-state index is 0.148. The van der Waals surface area contributed by atoms with Gasteiger partial charge in [0.25, 0.3) is 10.0 Å². The summed E-state index contributed by atoms with van der Waals surface area (Å²) >= 11 is 0. The Morgan fingerprint density at radius 2 is 1.65 bits per heavy atom. The van der Waals surface area contributed by atoms with E-state index in [-0.39, 0.29) is 11.4 Å². The summed E-state index contributed by atoms with van der Waals surface area (Å²) in [6, 6.07) is 18.9. The van der Waals surface area contributed by atoms with Gasteiger partial charge in [0.15, 0.2) is 5.65 Å². The van der Waals surface area contributed by atoms with E-state index in [2.05, 4.69) is 17.1 Å². The number of anilines is 1. The molecule has 160 valence electrons. The van der Waals surface area contributed by atoms with Crippen molar-refractivity contribution in [1.82, 2.24) is 14.6 Å². The summed E-state index contributed by atoms with van der Waals surface area (Å²) in [6.45, 7) is 6.27. The van der Waals surface area contributed by atoms with Gasteiger partial charge in [-0.3, -0.25) is 8.71 Å². The van der Waals surface area contributed by atoms with Crippen molar-refractivity contribution in [3.8, 4) is 0 Å². The molecule has 0 atom stereocenters. The minimum Gasteiger partial charge on any atom is -0.285 e. The third kappa shape index (κ3) is 3.93. The number of benzene rings is 2. The quantitative estimate of drug-likeness (QED) is 0.428. The molecule has 0 unspecified atom stereocenters. The number of hydrogen-bond donors (Lipinski definition) is 0. The lowest BCUT2D eigenvalue weighted by Crippen LogP contribution is -2.31. The van der Waals surface area contributed by atoms with Crippen LogP contribution in [0.5, 0.6) is 0 Å². The Morgan fingerprint density at radius 3 is 2.32 bits per heavy atom. The average molecular weight is 435 g/mol. The number of fused-ring (bicyclic) bond motifs is 1. The molecule has 6 nitrogen and oxygen atoms in total. The molecule has 2 aromatic heterocycles. The zero-order valence-electron chi connectivity index (χ0n) is 18.0. The molecule has 7 heteroatoms. The molecule has 2 aromatic carbocycles. The van der Waals surface area contributed by atoms with Crippen LogP contribution in [-0.4, -0.2) is 23.0 Å². The summed E-state index contributed by atoms with van der Waals surface area (Å²) in [6.07, 6.45) is 3.36. The van der Waals surface area contributed by atoms with E-state index in [1.54, 1.807) is 22.7 Å². The number of pyridine rings is 1. The first-order valence-corrected chi connectivity index (χ1v) is 11.9. The van der Waals surface area contributed by atoms with Crippen LogP contribution < -0.4 is 4.31 Å². The van der Waals surface area contributed by atoms with E-state index in [0.29, 0.717) is 17.8 Å². The van der Waals surface area contributed by atoms with E-state index >= 15 is 0 Å². The molecule has 0 aliphatic carbocycles. The third-order valence-electron chi connectivity index (χ3n) is 5.56. The molecule has 0 fully saturated rings. The fraction of sp³-hybridized carbons (Fsp3) is 0.250. The van der Waals surface area contributed by atoms with E-state index in [1.807, 2.05) is 62.4 Å². The largest absolute Gasteiger partial charge is 0.285 e. The molecule has 0 saturated heterocycles. The lowest BCUT2D eigenvalue weighted by atomic mass is 10.1. The molecule has 0 bridgehead atoms. The van der Waals surface area contributed by atoms with E-state index < -0.39 is 10.0 Å². The van der Waals surface area contributed by atoms with Gasteiger partial charge < -0.3 is 0 Å². The van der Waals surface area contributed by atoms with Crippen molar-refractivity contribution in [2.24, 2.45) is 0 Å². The number of nitrogens with zero attached hydrogens (tertiary/aromatic N) is 4. The number of hydrogen-bond acceptors (Lipinski definition) is 4. The van der Waals surface area contributed by atoms with Crippen LogP contribution in [0, 0.1) is 6.92 Å². The van der Waals surface area contributed by atoms with Crippen molar-refractivity contribution < 1.29 is 8.42 Å². The van der Waals surface area contributed by atoms with Gasteiger partial charge in [-0.1, -0.05) is 50.2 Å². The predicted molar refractivity (Wildman–Crippen MR) is 123 cm³/mol. The van der Waals surface area contributed by atoms with Gasteiger partial charge in [-0.15, -0.1) is 10.2 Å². The van der Waals surface area contributed by atoms with Gasteiger partial charge in [-0.05, 0) is 54.3 Å². The summed E-state index contributed by atoms with van der Waals surface area (Å²) in [4.78, 5) is 0.148. The first-order chi connectivity index (χ1) is 15.0. The zero-order chi connectivity index (χ0) is 22.0. The van der Waals surface area contributed by atoms with Crippen LogP contribution in [0.1, 0.15) is 36.4 Å². The molecular formula is C24H26N4O2S. The first kappa shape index (κ1) is 21.1. The van der Waals surface area contributed by atoms with Crippen LogP contribution in [-0.2, 0) is 29.4 Å². The Kier molecular flexibility index (Phi) is 5.78. The fourth-order valence-electron chi connectivity index (χ4n) is 3.66. The number of aryl methyl sites for hydroxylation is 3. The highest BCUT2D eigenvalue weighted by Crippen LogP contribution is 2.29. The maximum atomic E-state index is 14.0. The highest BCUT2D eigenvalue weighted by Gasteiger charge is 2.29. The van der Waals surface area contributed by atoms with Gasteiger partial charge in [0.2, 0.25) is 0 Å². The summed E-state index contributed by atoms with van der Waals surface area (Å²) in [5.41, 5.74) is 4.12. The molecule has 0 radical (unpaired) electrons. The lowest BCUT2D eigenvalue weighted by Gasteiger charge is -2.25. The SMILES string of the molecule is CCc1ccc(N(Cc2ccccc2C)S(=O)(=O)c2cccn3c(CC)nnc23)cc1. The maximum Gasteiger partial charge on any atom is 0.268 e. The van der Waals surface area contributed by atoms with Crippen LogP contribution in [0.25, 0.3) is 5.65 Å². The first-order valence-electron chi connectivity index (χ1n) is 10.4. The van der Waals surface area contributed by atoms with Crippen LogP contribution in [0.15, 0.2) is 71.8 Å². The lowest BCUT2D eigenvalue weighted by molar-refractivity contribution is 0.590. The van der Waals surface area contributed by atoms with Gasteiger partial charge in [-0.25, -0.2) is 8.42 Å². The molecule has 0 N–H and O–H groups in total. The van der Waals surface area contributed by atoms with Crippen molar-refractivity contribution in [3.63, 3.8) is 0 Å². The molecule has 4 rings (SSSR count). The zero-order valence-corrected chi connectivity index (χ0v) is 18.8. The number of aromatic nitrogens is 3. The molecule has 31 heavy (non-hydrogen) atoms. The predicted octanol–water partition coefficient (Wildman–Crippen LogP) is 4.56. The van der Waals surface area contributed by atoms with Crippen LogP contribution in [0.3, 0.4) is 0 Å². The molecule has 0 aliphatic heterocycles. The second-order valence-electron chi connectivity index (χ2n) is 7.49. The van der Waals surface area contributed by atoms with Gasteiger partial charge in [0.1, 0.15) is 10.7 Å². The molecule has 0 amide bonds. The van der Waals surface area contributed by atoms with Gasteiger partial charge in [0, 0.05) is 12.6 Å². The highest BCUT2D eigenvalue weighted by molar-refractivity contribution is 7.93. The van der Waals surface area contributed by atoms with Crippen molar-refractivity contribution >= 4 is 21.4 Å². The second kappa shape index (κ2) is 8.51. The van der Waals surface area contributed by atoms with E-state index in [9.17, 15) is 8.42 Å². The highest BCUT2D eigenvalue weighted by atomic mass is 32.2. The van der Waals surface area contributed by atoms with Crippen LogP contribution >= 0.6 is 0 Å². The topological polar surface area (TPSA) is 67.6 Å². The standard InChI is InChI=1S/C24H26N4O2S/c1-4-19-12-14-21(15-13-19)28(17-20-10-7-6-9-18(20)3)31(29,30)22-11-8-16-27-23(5-2)25-26-24(22)27/h6-16H,4-5,17H2,1-3H3. The minimum atomic E-state index is -3.90. The summed E-state index contributed by atoms with van der Waals surface area (Å²) in [5, 5.41) is 8.36. The summed E-state index contributed by atoms with van der Waals surface area (Å²) < 4.78 is 31.1. The molecule has 0 spiro atoms.